The largest absolute Gasteiger partial charge is 0.493 e. The highest BCUT2D eigenvalue weighted by Gasteiger charge is 2.25. The number of amides is 1. The van der Waals surface area contributed by atoms with E-state index in [2.05, 4.69) is 11.4 Å². The average Bonchev–Trinajstić information content (AvgIpc) is 3.20. The normalized spacial score (nSPS) is 15.1. The molecule has 6 nitrogen and oxygen atoms in total. The smallest absolute Gasteiger partial charge is 0.309 e. The molecule has 1 amide bonds. The molecule has 1 N–H and O–H groups in total. The molecule has 0 saturated carbocycles. The number of fused-ring (bicyclic) bond motifs is 1. The number of carbonyl (C=O) groups excluding carboxylic acids is 2. The number of nitrogens with zero attached hydrogens (tertiary/aromatic N) is 1. The van der Waals surface area contributed by atoms with E-state index in [1.807, 2.05) is 55.7 Å². The summed E-state index contributed by atoms with van der Waals surface area (Å²) < 4.78 is 12.4. The molecule has 0 spiro atoms. The predicted molar refractivity (Wildman–Crippen MR) is 113 cm³/mol. The minimum atomic E-state index is -0.269. The van der Waals surface area contributed by atoms with Crippen LogP contribution in [0.4, 0.5) is 0 Å². The Hall–Kier alpha value is -3.54. The van der Waals surface area contributed by atoms with Crippen LogP contribution in [0, 0.1) is 0 Å². The van der Waals surface area contributed by atoms with Crippen molar-refractivity contribution in [2.45, 2.75) is 18.9 Å². The number of hydrogen-bond donors (Lipinski definition) is 1. The molecular formula is C24H24N2O4. The van der Waals surface area contributed by atoms with Crippen molar-refractivity contribution in [2.24, 2.45) is 7.05 Å². The molecule has 3 aromatic rings. The van der Waals surface area contributed by atoms with Gasteiger partial charge in [-0.25, -0.2) is 0 Å². The highest BCUT2D eigenvalue weighted by atomic mass is 16.5. The van der Waals surface area contributed by atoms with Crippen LogP contribution in [-0.2, 0) is 23.0 Å². The number of esters is 1. The Bertz CT molecular complexity index is 1090. The van der Waals surface area contributed by atoms with Crippen molar-refractivity contribution in [1.82, 2.24) is 9.88 Å². The number of methoxy groups -OCH3 is 1. The zero-order chi connectivity index (χ0) is 21.1. The molecular weight excluding hydrogens is 380 g/mol. The molecule has 0 bridgehead atoms. The van der Waals surface area contributed by atoms with E-state index in [4.69, 9.17) is 9.47 Å². The fraction of sp³-hybridized carbons (Fsp3) is 0.250. The number of aryl methyl sites for hydroxylation is 1. The quantitative estimate of drug-likeness (QED) is 0.659. The van der Waals surface area contributed by atoms with Gasteiger partial charge in [0.2, 0.25) is 0 Å². The lowest BCUT2D eigenvalue weighted by molar-refractivity contribution is -0.139. The lowest BCUT2D eigenvalue weighted by Gasteiger charge is -2.27. The Kier molecular flexibility index (Phi) is 5.57. The highest BCUT2D eigenvalue weighted by Crippen LogP contribution is 2.36. The van der Waals surface area contributed by atoms with E-state index < -0.39 is 0 Å². The first-order valence-electron chi connectivity index (χ1n) is 9.90. The Balaban J connectivity index is 1.61. The number of carbonyl (C=O) groups is 2. The molecule has 30 heavy (non-hydrogen) atoms. The molecule has 1 atom stereocenters. The Labute approximate surface area is 175 Å². The predicted octanol–water partition coefficient (Wildman–Crippen LogP) is 3.66. The van der Waals surface area contributed by atoms with Crippen LogP contribution in [0.15, 0.2) is 60.8 Å². The van der Waals surface area contributed by atoms with Crippen LogP contribution < -0.4 is 10.1 Å². The van der Waals surface area contributed by atoms with Gasteiger partial charge in [-0.2, -0.15) is 0 Å². The van der Waals surface area contributed by atoms with Gasteiger partial charge >= 0.3 is 5.97 Å². The fourth-order valence-corrected chi connectivity index (χ4v) is 3.75. The van der Waals surface area contributed by atoms with Crippen LogP contribution in [0.3, 0.4) is 0 Å². The number of rotatable bonds is 5. The maximum atomic E-state index is 12.7. The van der Waals surface area contributed by atoms with Gasteiger partial charge in [-0.1, -0.05) is 30.3 Å². The maximum Gasteiger partial charge on any atom is 0.309 e. The maximum absolute atomic E-state index is 12.7. The first kappa shape index (κ1) is 19.8. The SMILES string of the molecule is COC(=O)Cc1cccc(-c2ccc3c(c2)C(NC(=O)c2cccn2C)CCO3)c1. The summed E-state index contributed by atoms with van der Waals surface area (Å²) in [6.45, 7) is 0.555. The third-order valence-corrected chi connectivity index (χ3v) is 5.37. The van der Waals surface area contributed by atoms with Gasteiger partial charge in [0.1, 0.15) is 11.4 Å². The van der Waals surface area contributed by atoms with E-state index in [9.17, 15) is 9.59 Å². The van der Waals surface area contributed by atoms with Gasteiger partial charge in [-0.3, -0.25) is 9.59 Å². The molecule has 0 fully saturated rings. The van der Waals surface area contributed by atoms with Crippen molar-refractivity contribution in [3.8, 4) is 16.9 Å². The summed E-state index contributed by atoms with van der Waals surface area (Å²) in [5.74, 6) is 0.410. The lowest BCUT2D eigenvalue weighted by Crippen LogP contribution is -2.33. The summed E-state index contributed by atoms with van der Waals surface area (Å²) in [5.41, 5.74) is 4.47. The van der Waals surface area contributed by atoms with Gasteiger partial charge in [-0.15, -0.1) is 0 Å². The first-order valence-corrected chi connectivity index (χ1v) is 9.90. The second kappa shape index (κ2) is 8.45. The number of ether oxygens (including phenoxy) is 2. The number of benzene rings is 2. The second-order valence-corrected chi connectivity index (χ2v) is 7.37. The third kappa shape index (κ3) is 4.08. The van der Waals surface area contributed by atoms with Gasteiger partial charge < -0.3 is 19.4 Å². The average molecular weight is 404 g/mol. The minimum absolute atomic E-state index is 0.106. The van der Waals surface area contributed by atoms with Crippen molar-refractivity contribution < 1.29 is 19.1 Å². The number of hydrogen-bond acceptors (Lipinski definition) is 4. The molecule has 1 aromatic heterocycles. The summed E-state index contributed by atoms with van der Waals surface area (Å²) >= 11 is 0. The van der Waals surface area contributed by atoms with Crippen LogP contribution in [0.2, 0.25) is 0 Å². The third-order valence-electron chi connectivity index (χ3n) is 5.37. The van der Waals surface area contributed by atoms with E-state index in [0.717, 1.165) is 28.0 Å². The van der Waals surface area contributed by atoms with E-state index >= 15 is 0 Å². The van der Waals surface area contributed by atoms with Gasteiger partial charge in [0.15, 0.2) is 0 Å². The van der Waals surface area contributed by atoms with Crippen molar-refractivity contribution in [2.75, 3.05) is 13.7 Å². The Morgan fingerprint density at radius 3 is 2.73 bits per heavy atom. The molecule has 1 aliphatic rings. The van der Waals surface area contributed by atoms with Crippen LogP contribution in [0.25, 0.3) is 11.1 Å². The van der Waals surface area contributed by atoms with Gasteiger partial charge in [-0.05, 0) is 41.0 Å². The van der Waals surface area contributed by atoms with Gasteiger partial charge in [0, 0.05) is 25.2 Å². The molecule has 0 aliphatic carbocycles. The van der Waals surface area contributed by atoms with Crippen molar-refractivity contribution >= 4 is 11.9 Å². The molecule has 1 aliphatic heterocycles. The van der Waals surface area contributed by atoms with E-state index in [-0.39, 0.29) is 24.3 Å². The molecule has 2 heterocycles. The molecule has 2 aromatic carbocycles. The summed E-state index contributed by atoms with van der Waals surface area (Å²) in [6.07, 6.45) is 2.79. The van der Waals surface area contributed by atoms with Crippen LogP contribution >= 0.6 is 0 Å². The van der Waals surface area contributed by atoms with Crippen molar-refractivity contribution in [3.63, 3.8) is 0 Å². The molecule has 0 radical (unpaired) electrons. The van der Waals surface area contributed by atoms with E-state index in [1.165, 1.54) is 7.11 Å². The number of nitrogens with one attached hydrogen (secondary N) is 1. The summed E-state index contributed by atoms with van der Waals surface area (Å²) in [6, 6.07) is 17.4. The zero-order valence-electron chi connectivity index (χ0n) is 17.1. The molecule has 154 valence electrons. The summed E-state index contributed by atoms with van der Waals surface area (Å²) in [4.78, 5) is 24.3. The van der Waals surface area contributed by atoms with Crippen molar-refractivity contribution in [3.05, 3.63) is 77.6 Å². The monoisotopic (exact) mass is 404 g/mol. The van der Waals surface area contributed by atoms with Gasteiger partial charge in [0.25, 0.3) is 5.91 Å². The molecule has 0 saturated heterocycles. The fourth-order valence-electron chi connectivity index (χ4n) is 3.75. The minimum Gasteiger partial charge on any atom is -0.493 e. The Morgan fingerprint density at radius 1 is 1.13 bits per heavy atom. The van der Waals surface area contributed by atoms with E-state index in [0.29, 0.717) is 18.7 Å². The van der Waals surface area contributed by atoms with E-state index in [1.54, 1.807) is 10.6 Å². The van der Waals surface area contributed by atoms with Crippen molar-refractivity contribution in [1.29, 1.82) is 0 Å². The summed E-state index contributed by atoms with van der Waals surface area (Å²) in [5, 5.41) is 3.14. The Morgan fingerprint density at radius 2 is 1.97 bits per heavy atom. The van der Waals surface area contributed by atoms with Gasteiger partial charge in [0.05, 0.1) is 26.2 Å². The lowest BCUT2D eigenvalue weighted by atomic mass is 9.94. The zero-order valence-corrected chi connectivity index (χ0v) is 17.1. The molecule has 1 unspecified atom stereocenters. The first-order chi connectivity index (χ1) is 14.5. The second-order valence-electron chi connectivity index (χ2n) is 7.37. The topological polar surface area (TPSA) is 69.6 Å². The van der Waals surface area contributed by atoms with Crippen LogP contribution in [-0.4, -0.2) is 30.2 Å². The van der Waals surface area contributed by atoms with Crippen LogP contribution in [0.5, 0.6) is 5.75 Å². The number of aromatic nitrogens is 1. The summed E-state index contributed by atoms with van der Waals surface area (Å²) in [7, 11) is 3.24. The highest BCUT2D eigenvalue weighted by molar-refractivity contribution is 5.93. The van der Waals surface area contributed by atoms with Crippen LogP contribution in [0.1, 0.15) is 34.1 Å². The molecule has 6 heteroatoms. The standard InChI is InChI=1S/C24H24N2O4/c1-26-11-4-7-21(26)24(28)25-20-10-12-30-22-9-8-18(15-19(20)22)17-6-3-5-16(13-17)14-23(27)29-2/h3-9,11,13,15,20H,10,12,14H2,1-2H3,(H,25,28). The molecule has 4 rings (SSSR count).